The molecule has 0 saturated carbocycles. The van der Waals surface area contributed by atoms with Gasteiger partial charge in [0.2, 0.25) is 0 Å². The Labute approximate surface area is 152 Å². The van der Waals surface area contributed by atoms with Gasteiger partial charge in [-0.1, -0.05) is 0 Å². The predicted molar refractivity (Wildman–Crippen MR) is 86.9 cm³/mol. The van der Waals surface area contributed by atoms with Gasteiger partial charge in [0, 0.05) is 18.2 Å². The molecule has 1 saturated heterocycles. The molecule has 9 nitrogen and oxygen atoms in total. The van der Waals surface area contributed by atoms with Gasteiger partial charge >= 0.3 is 17.8 Å². The highest BCUT2D eigenvalue weighted by Crippen LogP contribution is 2.35. The number of hydrogen-bond acceptors (Lipinski definition) is 7. The van der Waals surface area contributed by atoms with Gasteiger partial charge in [0.15, 0.2) is 12.8 Å². The maximum atomic E-state index is 13.1. The van der Waals surface area contributed by atoms with Crippen LogP contribution < -0.4 is 11.2 Å². The second-order valence-corrected chi connectivity index (χ2v) is 7.45. The van der Waals surface area contributed by atoms with E-state index in [2.05, 4.69) is 0 Å². The van der Waals surface area contributed by atoms with Crippen molar-refractivity contribution in [1.82, 2.24) is 9.13 Å². The molecule has 3 atom stereocenters. The van der Waals surface area contributed by atoms with Gasteiger partial charge in [0.1, 0.15) is 6.23 Å². The quantitative estimate of drug-likeness (QED) is 0.697. The Bertz CT molecular complexity index is 835. The molecule has 1 aliphatic rings. The van der Waals surface area contributed by atoms with Gasteiger partial charge in [-0.3, -0.25) is 14.2 Å². The fourth-order valence-corrected chi connectivity index (χ4v) is 2.56. The van der Waals surface area contributed by atoms with Gasteiger partial charge in [-0.15, -0.1) is 0 Å². The van der Waals surface area contributed by atoms with Crippen LogP contribution in [-0.2, 0) is 21.0 Å². The molecular formula is C16H22F2N2O7. The topological polar surface area (TPSA) is 120 Å². The third kappa shape index (κ3) is 4.42. The van der Waals surface area contributed by atoms with E-state index >= 15 is 0 Å². The maximum Gasteiger partial charge on any atom is 0.382 e. The van der Waals surface area contributed by atoms with E-state index in [1.54, 1.807) is 20.8 Å². The number of alkyl halides is 2. The molecule has 0 radical (unpaired) electrons. The van der Waals surface area contributed by atoms with Crippen molar-refractivity contribution in [2.75, 3.05) is 0 Å². The van der Waals surface area contributed by atoms with Crippen LogP contribution in [0.25, 0.3) is 0 Å². The number of carbonyl (C=O) groups is 1. The number of rotatable bonds is 4. The van der Waals surface area contributed by atoms with E-state index in [9.17, 15) is 28.3 Å². The van der Waals surface area contributed by atoms with Gasteiger partial charge in [0.25, 0.3) is 5.56 Å². The normalized spacial score (nSPS) is 23.5. The molecule has 0 unspecified atom stereocenters. The fourth-order valence-electron chi connectivity index (χ4n) is 2.56. The van der Waals surface area contributed by atoms with Crippen molar-refractivity contribution >= 4 is 5.97 Å². The number of nitrogens with zero attached hydrogens (tertiary/aromatic N) is 2. The third-order valence-electron chi connectivity index (χ3n) is 4.05. The van der Waals surface area contributed by atoms with Crippen molar-refractivity contribution in [2.45, 2.75) is 65.4 Å². The van der Waals surface area contributed by atoms with Gasteiger partial charge in [-0.2, -0.15) is 8.78 Å². The lowest BCUT2D eigenvalue weighted by atomic mass is 9.98. The highest BCUT2D eigenvalue weighted by Gasteiger charge is 2.50. The van der Waals surface area contributed by atoms with Crippen LogP contribution in [-0.4, -0.2) is 43.6 Å². The zero-order chi connectivity index (χ0) is 20.7. The summed E-state index contributed by atoms with van der Waals surface area (Å²) in [4.78, 5) is 36.7. The molecule has 2 N–H and O–H groups in total. The summed E-state index contributed by atoms with van der Waals surface area (Å²) in [6, 6.07) is 0. The standard InChI is InChI=1S/C16H22F2N2O7/c1-8-6-19(10-5-9(21)11(27-10)16(17,18)25)14(24)20(12(8)22)7-26-13(23)15(2,3)4/h6,9-11,21,25H,5,7H2,1-4H3/t9-,10+,11-/m0/s1. The molecular weight excluding hydrogens is 370 g/mol. The van der Waals surface area contributed by atoms with Gasteiger partial charge in [-0.05, 0) is 27.7 Å². The molecule has 11 heteroatoms. The molecule has 0 spiro atoms. The first-order valence-electron chi connectivity index (χ1n) is 8.17. The van der Waals surface area contributed by atoms with Crippen molar-refractivity contribution in [3.63, 3.8) is 0 Å². The molecule has 1 aliphatic heterocycles. The van der Waals surface area contributed by atoms with Crippen LogP contribution in [0.2, 0.25) is 0 Å². The van der Waals surface area contributed by atoms with Crippen molar-refractivity contribution in [2.24, 2.45) is 5.41 Å². The molecule has 152 valence electrons. The average molecular weight is 392 g/mol. The summed E-state index contributed by atoms with van der Waals surface area (Å²) in [5.41, 5.74) is -2.48. The van der Waals surface area contributed by atoms with Crippen LogP contribution in [0.3, 0.4) is 0 Å². The molecule has 1 aromatic rings. The fraction of sp³-hybridized carbons (Fsp3) is 0.688. The van der Waals surface area contributed by atoms with Crippen molar-refractivity contribution in [1.29, 1.82) is 0 Å². The summed E-state index contributed by atoms with van der Waals surface area (Å²) in [6.45, 7) is 5.50. The third-order valence-corrected chi connectivity index (χ3v) is 4.05. The van der Waals surface area contributed by atoms with Crippen LogP contribution in [0.15, 0.2) is 15.8 Å². The van der Waals surface area contributed by atoms with E-state index in [-0.39, 0.29) is 5.56 Å². The predicted octanol–water partition coefficient (Wildman–Crippen LogP) is 0.0987. The van der Waals surface area contributed by atoms with E-state index < -0.39 is 60.3 Å². The zero-order valence-electron chi connectivity index (χ0n) is 15.3. The summed E-state index contributed by atoms with van der Waals surface area (Å²) in [5.74, 6) is -0.644. The molecule has 2 heterocycles. The average Bonchev–Trinajstić information content (AvgIpc) is 2.91. The second-order valence-electron chi connectivity index (χ2n) is 7.45. The van der Waals surface area contributed by atoms with E-state index in [1.807, 2.05) is 0 Å². The van der Waals surface area contributed by atoms with E-state index in [1.165, 1.54) is 6.92 Å². The highest BCUT2D eigenvalue weighted by molar-refractivity contribution is 5.75. The van der Waals surface area contributed by atoms with E-state index in [0.717, 1.165) is 10.8 Å². The lowest BCUT2D eigenvalue weighted by Crippen LogP contribution is -2.44. The highest BCUT2D eigenvalue weighted by atomic mass is 19.3. The van der Waals surface area contributed by atoms with Crippen LogP contribution in [0.1, 0.15) is 39.0 Å². The van der Waals surface area contributed by atoms with Gasteiger partial charge < -0.3 is 19.7 Å². The number of carbonyl (C=O) groups excluding carboxylic acids is 1. The van der Waals surface area contributed by atoms with Gasteiger partial charge in [0.05, 0.1) is 11.5 Å². The summed E-state index contributed by atoms with van der Waals surface area (Å²) in [6.07, 6.45) is -8.87. The Morgan fingerprint density at radius 3 is 2.44 bits per heavy atom. The Hall–Kier alpha value is -2.11. The summed E-state index contributed by atoms with van der Waals surface area (Å²) < 4.78 is 37.5. The first-order chi connectivity index (χ1) is 12.2. The number of aliphatic hydroxyl groups is 2. The van der Waals surface area contributed by atoms with Crippen molar-refractivity contribution in [3.05, 3.63) is 32.6 Å². The first kappa shape index (κ1) is 21.2. The number of ether oxygens (including phenoxy) is 2. The number of aryl methyl sites for hydroxylation is 1. The minimum Gasteiger partial charge on any atom is -0.443 e. The molecule has 0 aromatic carbocycles. The van der Waals surface area contributed by atoms with Crippen molar-refractivity contribution in [3.8, 4) is 0 Å². The summed E-state index contributed by atoms with van der Waals surface area (Å²) >= 11 is 0. The largest absolute Gasteiger partial charge is 0.443 e. The molecule has 2 rings (SSSR count). The van der Waals surface area contributed by atoms with Crippen LogP contribution in [0.4, 0.5) is 8.78 Å². The Morgan fingerprint density at radius 1 is 1.37 bits per heavy atom. The SMILES string of the molecule is Cc1cn([C@H]2C[C@H](O)[C@@H](C(O)(F)F)O2)c(=O)n(COC(=O)C(C)(C)C)c1=O. The van der Waals surface area contributed by atoms with E-state index in [0.29, 0.717) is 4.57 Å². The lowest BCUT2D eigenvalue weighted by Gasteiger charge is -2.21. The molecule has 0 amide bonds. The number of aromatic nitrogens is 2. The summed E-state index contributed by atoms with van der Waals surface area (Å²) in [7, 11) is 0. The number of halogens is 2. The van der Waals surface area contributed by atoms with Crippen molar-refractivity contribution < 1.29 is 33.3 Å². The number of esters is 1. The van der Waals surface area contributed by atoms with Crippen LogP contribution in [0, 0.1) is 12.3 Å². The molecule has 1 fully saturated rings. The molecule has 27 heavy (non-hydrogen) atoms. The Balaban J connectivity index is 2.35. The smallest absolute Gasteiger partial charge is 0.382 e. The first-order valence-corrected chi connectivity index (χ1v) is 8.17. The zero-order valence-corrected chi connectivity index (χ0v) is 15.3. The monoisotopic (exact) mass is 392 g/mol. The number of hydrogen-bond donors (Lipinski definition) is 2. The Kier molecular flexibility index (Phi) is 5.60. The molecule has 0 bridgehead atoms. The van der Waals surface area contributed by atoms with E-state index in [4.69, 9.17) is 14.6 Å². The van der Waals surface area contributed by atoms with Crippen LogP contribution in [0.5, 0.6) is 0 Å². The maximum absolute atomic E-state index is 13.1. The number of aliphatic hydroxyl groups excluding tert-OH is 1. The lowest BCUT2D eigenvalue weighted by molar-refractivity contribution is -0.282. The second kappa shape index (κ2) is 7.13. The minimum atomic E-state index is -4.30. The minimum absolute atomic E-state index is 0.0682. The molecule has 0 aliphatic carbocycles. The molecule has 1 aromatic heterocycles. The Morgan fingerprint density at radius 2 is 1.96 bits per heavy atom. The summed E-state index contributed by atoms with van der Waals surface area (Å²) in [5, 5.41) is 18.5. The van der Waals surface area contributed by atoms with Gasteiger partial charge in [-0.25, -0.2) is 9.36 Å². The van der Waals surface area contributed by atoms with Crippen LogP contribution >= 0.6 is 0 Å².